The average molecular weight is 367 g/mol. The number of rotatable bonds is 6. The van der Waals surface area contributed by atoms with E-state index in [-0.39, 0.29) is 16.8 Å². The number of amides is 1. The van der Waals surface area contributed by atoms with Gasteiger partial charge in [-0.05, 0) is 32.4 Å². The molecule has 0 unspecified atom stereocenters. The highest BCUT2D eigenvalue weighted by Crippen LogP contribution is 2.22. The normalized spacial score (nSPS) is 18.8. The fraction of sp³-hybridized carbons (Fsp3) is 0.438. The van der Waals surface area contributed by atoms with Crippen LogP contribution in [-0.2, 0) is 24.3 Å². The van der Waals surface area contributed by atoms with E-state index in [0.717, 1.165) is 6.42 Å². The SMILES string of the molecule is CC[C@H](C)NC(=O)COC(=O)[C@H](C)N=C1NS(=O)(=O)c2ccccc21. The molecule has 1 aliphatic rings. The van der Waals surface area contributed by atoms with E-state index in [1.165, 1.54) is 13.0 Å². The Morgan fingerprint density at radius 1 is 1.28 bits per heavy atom. The zero-order valence-electron chi connectivity index (χ0n) is 14.3. The monoisotopic (exact) mass is 367 g/mol. The molecule has 0 saturated carbocycles. The van der Waals surface area contributed by atoms with Gasteiger partial charge in [-0.15, -0.1) is 0 Å². The van der Waals surface area contributed by atoms with Crippen molar-refractivity contribution in [2.24, 2.45) is 4.99 Å². The molecule has 1 aliphatic heterocycles. The average Bonchev–Trinajstić information content (AvgIpc) is 2.83. The number of benzene rings is 1. The zero-order chi connectivity index (χ0) is 18.6. The van der Waals surface area contributed by atoms with Crippen molar-refractivity contribution in [2.75, 3.05) is 6.61 Å². The van der Waals surface area contributed by atoms with Crippen molar-refractivity contribution in [1.82, 2.24) is 10.0 Å². The van der Waals surface area contributed by atoms with Crippen molar-refractivity contribution >= 4 is 27.7 Å². The standard InChI is InChI=1S/C16H21N3O5S/c1-4-10(2)17-14(20)9-24-16(21)11(3)18-15-12-7-5-6-8-13(12)25(22,23)19-15/h5-8,10-11H,4,9H2,1-3H3,(H,17,20)(H,18,19)/t10-,11-/m0/s1. The van der Waals surface area contributed by atoms with Gasteiger partial charge in [-0.3, -0.25) is 14.5 Å². The maximum absolute atomic E-state index is 12.0. The summed E-state index contributed by atoms with van der Waals surface area (Å²) in [4.78, 5) is 27.8. The Balaban J connectivity index is 2.02. The lowest BCUT2D eigenvalue weighted by atomic mass is 10.2. The Bertz CT molecular complexity index is 804. The Labute approximate surface area is 146 Å². The third-order valence-corrected chi connectivity index (χ3v) is 5.09. The number of sulfonamides is 1. The van der Waals surface area contributed by atoms with Gasteiger partial charge in [0.2, 0.25) is 0 Å². The van der Waals surface area contributed by atoms with Crippen LogP contribution in [0, 0.1) is 0 Å². The summed E-state index contributed by atoms with van der Waals surface area (Å²) in [6, 6.07) is 5.38. The number of hydrogen-bond acceptors (Lipinski definition) is 6. The second-order valence-electron chi connectivity index (χ2n) is 5.74. The first-order chi connectivity index (χ1) is 11.7. The van der Waals surface area contributed by atoms with Gasteiger partial charge in [-0.25, -0.2) is 13.2 Å². The molecular formula is C16H21N3O5S. The molecule has 0 aromatic heterocycles. The molecule has 8 nitrogen and oxygen atoms in total. The van der Waals surface area contributed by atoms with E-state index >= 15 is 0 Å². The predicted octanol–water partition coefficient (Wildman–Crippen LogP) is 0.571. The van der Waals surface area contributed by atoms with Crippen LogP contribution in [0.2, 0.25) is 0 Å². The summed E-state index contributed by atoms with van der Waals surface area (Å²) in [5.74, 6) is -1.02. The highest BCUT2D eigenvalue weighted by atomic mass is 32.2. The summed E-state index contributed by atoms with van der Waals surface area (Å²) in [5.41, 5.74) is 0.400. The number of nitrogens with zero attached hydrogens (tertiary/aromatic N) is 1. The van der Waals surface area contributed by atoms with Gasteiger partial charge >= 0.3 is 5.97 Å². The van der Waals surface area contributed by atoms with Gasteiger partial charge in [0.25, 0.3) is 15.9 Å². The number of carbonyl (C=O) groups is 2. The minimum Gasteiger partial charge on any atom is -0.454 e. The molecule has 1 aromatic rings. The molecule has 136 valence electrons. The first kappa shape index (κ1) is 18.9. The third-order valence-electron chi connectivity index (χ3n) is 3.69. The molecule has 0 saturated heterocycles. The highest BCUT2D eigenvalue weighted by molar-refractivity contribution is 7.90. The fourth-order valence-electron chi connectivity index (χ4n) is 2.15. The Hall–Kier alpha value is -2.42. The molecule has 1 heterocycles. The summed E-state index contributed by atoms with van der Waals surface area (Å²) in [6.07, 6.45) is 0.767. The van der Waals surface area contributed by atoms with Crippen LogP contribution in [0.15, 0.2) is 34.2 Å². The smallest absolute Gasteiger partial charge is 0.331 e. The molecule has 9 heteroatoms. The Morgan fingerprint density at radius 3 is 2.64 bits per heavy atom. The van der Waals surface area contributed by atoms with Crippen molar-refractivity contribution in [3.8, 4) is 0 Å². The quantitative estimate of drug-likeness (QED) is 0.714. The van der Waals surface area contributed by atoms with Crippen molar-refractivity contribution in [3.63, 3.8) is 0 Å². The maximum atomic E-state index is 12.0. The predicted molar refractivity (Wildman–Crippen MR) is 91.6 cm³/mol. The maximum Gasteiger partial charge on any atom is 0.331 e. The third kappa shape index (κ3) is 4.56. The topological polar surface area (TPSA) is 114 Å². The van der Waals surface area contributed by atoms with E-state index in [1.54, 1.807) is 18.2 Å². The second-order valence-corrected chi connectivity index (χ2v) is 7.39. The second kappa shape index (κ2) is 7.64. The fourth-order valence-corrected chi connectivity index (χ4v) is 3.39. The Kier molecular flexibility index (Phi) is 5.78. The van der Waals surface area contributed by atoms with Crippen LogP contribution < -0.4 is 10.0 Å². The summed E-state index contributed by atoms with van der Waals surface area (Å²) in [6.45, 7) is 4.84. The molecule has 2 rings (SSSR count). The van der Waals surface area contributed by atoms with Crippen molar-refractivity contribution < 1.29 is 22.7 Å². The van der Waals surface area contributed by atoms with Crippen LogP contribution in [0.3, 0.4) is 0 Å². The van der Waals surface area contributed by atoms with Crippen LogP contribution >= 0.6 is 0 Å². The van der Waals surface area contributed by atoms with E-state index in [0.29, 0.717) is 5.56 Å². The van der Waals surface area contributed by atoms with Crippen LogP contribution in [-0.4, -0.2) is 44.8 Å². The first-order valence-corrected chi connectivity index (χ1v) is 9.39. The first-order valence-electron chi connectivity index (χ1n) is 7.90. The number of fused-ring (bicyclic) bond motifs is 1. The number of hydrogen-bond donors (Lipinski definition) is 2. The Morgan fingerprint density at radius 2 is 1.96 bits per heavy atom. The molecule has 1 aromatic carbocycles. The highest BCUT2D eigenvalue weighted by Gasteiger charge is 2.31. The van der Waals surface area contributed by atoms with E-state index in [9.17, 15) is 18.0 Å². The zero-order valence-corrected chi connectivity index (χ0v) is 15.1. The molecule has 0 radical (unpaired) electrons. The minimum absolute atomic E-state index is 0.00624. The van der Waals surface area contributed by atoms with Crippen LogP contribution in [0.4, 0.5) is 0 Å². The van der Waals surface area contributed by atoms with Gasteiger partial charge in [-0.2, -0.15) is 0 Å². The lowest BCUT2D eigenvalue weighted by Gasteiger charge is -2.12. The number of aliphatic imine (C=N–C) groups is 1. The largest absolute Gasteiger partial charge is 0.454 e. The van der Waals surface area contributed by atoms with Crippen LogP contribution in [0.1, 0.15) is 32.8 Å². The van der Waals surface area contributed by atoms with Gasteiger partial charge in [0.15, 0.2) is 6.61 Å². The molecule has 1 amide bonds. The van der Waals surface area contributed by atoms with Gasteiger partial charge < -0.3 is 10.1 Å². The lowest BCUT2D eigenvalue weighted by Crippen LogP contribution is -2.36. The lowest BCUT2D eigenvalue weighted by molar-refractivity contribution is -0.149. The summed E-state index contributed by atoms with van der Waals surface area (Å²) in [5, 5.41) is 2.68. The van der Waals surface area contributed by atoms with Crippen molar-refractivity contribution in [2.45, 2.75) is 44.2 Å². The number of amidine groups is 1. The van der Waals surface area contributed by atoms with Gasteiger partial charge in [0.1, 0.15) is 11.9 Å². The van der Waals surface area contributed by atoms with E-state index in [2.05, 4.69) is 15.0 Å². The summed E-state index contributed by atoms with van der Waals surface area (Å²) < 4.78 is 31.2. The molecule has 0 spiro atoms. The van der Waals surface area contributed by atoms with Gasteiger partial charge in [0.05, 0.1) is 4.90 Å². The minimum atomic E-state index is -3.67. The molecule has 0 aliphatic carbocycles. The number of nitrogens with one attached hydrogen (secondary N) is 2. The van der Waals surface area contributed by atoms with E-state index in [4.69, 9.17) is 4.74 Å². The van der Waals surface area contributed by atoms with Crippen LogP contribution in [0.25, 0.3) is 0 Å². The van der Waals surface area contributed by atoms with E-state index in [1.807, 2.05) is 13.8 Å². The number of carbonyl (C=O) groups excluding carboxylic acids is 2. The van der Waals surface area contributed by atoms with Crippen LogP contribution in [0.5, 0.6) is 0 Å². The summed E-state index contributed by atoms with van der Waals surface area (Å²) >= 11 is 0. The number of ether oxygens (including phenoxy) is 1. The molecule has 25 heavy (non-hydrogen) atoms. The molecule has 2 N–H and O–H groups in total. The molecule has 0 fully saturated rings. The number of esters is 1. The van der Waals surface area contributed by atoms with E-state index < -0.39 is 34.5 Å². The van der Waals surface area contributed by atoms with Gasteiger partial charge in [0, 0.05) is 11.6 Å². The molecule has 0 bridgehead atoms. The van der Waals surface area contributed by atoms with Gasteiger partial charge in [-0.1, -0.05) is 19.1 Å². The van der Waals surface area contributed by atoms with Crippen molar-refractivity contribution in [1.29, 1.82) is 0 Å². The van der Waals surface area contributed by atoms with Crippen molar-refractivity contribution in [3.05, 3.63) is 29.8 Å². The molecule has 2 atom stereocenters. The summed E-state index contributed by atoms with van der Waals surface area (Å²) in [7, 11) is -3.67. The molecular weight excluding hydrogens is 346 g/mol.